The van der Waals surface area contributed by atoms with Gasteiger partial charge in [0.1, 0.15) is 5.41 Å². The van der Waals surface area contributed by atoms with Crippen LogP contribution in [0.5, 0.6) is 0 Å². The first-order chi connectivity index (χ1) is 11.0. The second-order valence-electron chi connectivity index (χ2n) is 7.33. The molecule has 1 saturated heterocycles. The predicted octanol–water partition coefficient (Wildman–Crippen LogP) is 3.74. The molecule has 1 heterocycles. The Hall–Kier alpha value is -1.42. The average molecular weight is 329 g/mol. The zero-order chi connectivity index (χ0) is 16.2. The third-order valence-corrected chi connectivity index (χ3v) is 6.87. The number of likely N-dealkylation sites (tertiary alicyclic amines) is 1. The van der Waals surface area contributed by atoms with Crippen LogP contribution >= 0.6 is 12.2 Å². The molecule has 4 rings (SSSR count). The lowest BCUT2D eigenvalue weighted by Gasteiger charge is -2.48. The van der Waals surface area contributed by atoms with Crippen molar-refractivity contribution in [1.29, 1.82) is 0 Å². The summed E-state index contributed by atoms with van der Waals surface area (Å²) in [4.78, 5) is 15.8. The van der Waals surface area contributed by atoms with Gasteiger partial charge in [-0.25, -0.2) is 0 Å². The molecule has 0 radical (unpaired) electrons. The topological polar surface area (TPSA) is 29.5 Å². The standard InChI is InChI=1S/C19H23NO2S/c1-3-22-17(21)19-12-18(9-10-18)15(19)11-20(16(19)23)13(2)14-7-5-4-6-8-14/h4-8,13,15H,3,9-12H2,1-2H3/t13-,15?,19?/m0/s1. The van der Waals surface area contributed by atoms with Crippen LogP contribution in [0.25, 0.3) is 0 Å². The highest BCUT2D eigenvalue weighted by Gasteiger charge is 2.77. The molecule has 1 aromatic carbocycles. The predicted molar refractivity (Wildman–Crippen MR) is 93.0 cm³/mol. The highest BCUT2D eigenvalue weighted by molar-refractivity contribution is 7.80. The Morgan fingerprint density at radius 2 is 2.09 bits per heavy atom. The number of carbonyl (C=O) groups is 1. The number of hydrogen-bond donors (Lipinski definition) is 0. The van der Waals surface area contributed by atoms with Crippen molar-refractivity contribution in [3.63, 3.8) is 0 Å². The number of carbonyl (C=O) groups excluding carboxylic acids is 1. The number of rotatable bonds is 4. The molecule has 2 unspecified atom stereocenters. The van der Waals surface area contributed by atoms with Crippen molar-refractivity contribution in [1.82, 2.24) is 4.90 Å². The molecule has 2 aliphatic carbocycles. The SMILES string of the molecule is CCOC(=O)C12CC3(CC3)C1CN([C@@H](C)c1ccccc1)C2=S. The van der Waals surface area contributed by atoms with Gasteiger partial charge in [-0.15, -0.1) is 0 Å². The van der Waals surface area contributed by atoms with Crippen LogP contribution in [0, 0.1) is 16.7 Å². The Balaban J connectivity index is 1.65. The first-order valence-corrected chi connectivity index (χ1v) is 8.99. The molecule has 4 heteroatoms. The summed E-state index contributed by atoms with van der Waals surface area (Å²) in [6, 6.07) is 10.6. The highest BCUT2D eigenvalue weighted by atomic mass is 32.1. The smallest absolute Gasteiger partial charge is 0.319 e. The van der Waals surface area contributed by atoms with E-state index in [2.05, 4.69) is 36.1 Å². The molecule has 3 nitrogen and oxygen atoms in total. The number of ether oxygens (including phenoxy) is 1. The number of esters is 1. The van der Waals surface area contributed by atoms with Crippen LogP contribution in [0.2, 0.25) is 0 Å². The summed E-state index contributed by atoms with van der Waals surface area (Å²) in [7, 11) is 0. The number of nitrogens with zero attached hydrogens (tertiary/aromatic N) is 1. The zero-order valence-electron chi connectivity index (χ0n) is 13.7. The lowest BCUT2D eigenvalue weighted by molar-refractivity contribution is -0.164. The molecule has 3 fully saturated rings. The summed E-state index contributed by atoms with van der Waals surface area (Å²) in [6.07, 6.45) is 3.39. The summed E-state index contributed by atoms with van der Waals surface area (Å²) in [5, 5.41) is 0. The van der Waals surface area contributed by atoms with Gasteiger partial charge in [-0.1, -0.05) is 42.5 Å². The van der Waals surface area contributed by atoms with E-state index in [4.69, 9.17) is 17.0 Å². The molecule has 0 bridgehead atoms. The largest absolute Gasteiger partial charge is 0.465 e. The number of hydrogen-bond acceptors (Lipinski definition) is 3. The zero-order valence-corrected chi connectivity index (χ0v) is 14.6. The van der Waals surface area contributed by atoms with E-state index in [1.54, 1.807) is 0 Å². The first-order valence-electron chi connectivity index (χ1n) is 8.58. The van der Waals surface area contributed by atoms with Crippen molar-refractivity contribution in [3.8, 4) is 0 Å². The van der Waals surface area contributed by atoms with Crippen LogP contribution in [0.4, 0.5) is 0 Å². The van der Waals surface area contributed by atoms with E-state index in [0.29, 0.717) is 17.9 Å². The monoisotopic (exact) mass is 329 g/mol. The normalized spacial score (nSPS) is 31.5. The van der Waals surface area contributed by atoms with E-state index in [1.807, 2.05) is 13.0 Å². The minimum absolute atomic E-state index is 0.0877. The molecular weight excluding hydrogens is 306 g/mol. The molecule has 23 heavy (non-hydrogen) atoms. The third kappa shape index (κ3) is 1.94. The van der Waals surface area contributed by atoms with Gasteiger partial charge in [0.25, 0.3) is 0 Å². The lowest BCUT2D eigenvalue weighted by Crippen LogP contribution is -2.56. The van der Waals surface area contributed by atoms with E-state index in [0.717, 1.165) is 18.0 Å². The van der Waals surface area contributed by atoms with Crippen molar-refractivity contribution in [2.24, 2.45) is 16.7 Å². The van der Waals surface area contributed by atoms with E-state index in [-0.39, 0.29) is 12.0 Å². The Morgan fingerprint density at radius 3 is 2.70 bits per heavy atom. The molecular formula is C19H23NO2S. The Morgan fingerprint density at radius 1 is 1.39 bits per heavy atom. The summed E-state index contributed by atoms with van der Waals surface area (Å²) in [5.74, 6) is 0.267. The maximum atomic E-state index is 12.7. The summed E-state index contributed by atoms with van der Waals surface area (Å²) >= 11 is 5.83. The van der Waals surface area contributed by atoms with Crippen molar-refractivity contribution in [3.05, 3.63) is 35.9 Å². The fourth-order valence-corrected chi connectivity index (χ4v) is 5.33. The number of fused-ring (bicyclic) bond motifs is 2. The van der Waals surface area contributed by atoms with E-state index < -0.39 is 5.41 Å². The van der Waals surface area contributed by atoms with Gasteiger partial charge in [0.15, 0.2) is 0 Å². The van der Waals surface area contributed by atoms with Gasteiger partial charge in [-0.05, 0) is 44.1 Å². The molecule has 2 saturated carbocycles. The molecule has 0 aromatic heterocycles. The van der Waals surface area contributed by atoms with Gasteiger partial charge in [0.05, 0.1) is 17.6 Å². The second kappa shape index (κ2) is 5.04. The van der Waals surface area contributed by atoms with Gasteiger partial charge < -0.3 is 9.64 Å². The van der Waals surface area contributed by atoms with Crippen LogP contribution in [-0.2, 0) is 9.53 Å². The molecule has 3 atom stereocenters. The van der Waals surface area contributed by atoms with Gasteiger partial charge >= 0.3 is 5.97 Å². The van der Waals surface area contributed by atoms with Crippen LogP contribution in [0.1, 0.15) is 44.7 Å². The van der Waals surface area contributed by atoms with Crippen molar-refractivity contribution < 1.29 is 9.53 Å². The van der Waals surface area contributed by atoms with Crippen molar-refractivity contribution in [2.45, 2.75) is 39.2 Å². The fourth-order valence-electron chi connectivity index (χ4n) is 4.80. The summed E-state index contributed by atoms with van der Waals surface area (Å²) in [5.41, 5.74) is 1.10. The molecule has 0 N–H and O–H groups in total. The van der Waals surface area contributed by atoms with Gasteiger partial charge in [0.2, 0.25) is 0 Å². The van der Waals surface area contributed by atoms with E-state index in [9.17, 15) is 4.79 Å². The summed E-state index contributed by atoms with van der Waals surface area (Å²) < 4.78 is 5.42. The highest BCUT2D eigenvalue weighted by Crippen LogP contribution is 2.75. The quantitative estimate of drug-likeness (QED) is 0.622. The Bertz CT molecular complexity index is 655. The lowest BCUT2D eigenvalue weighted by atomic mass is 9.53. The molecule has 0 amide bonds. The summed E-state index contributed by atoms with van der Waals surface area (Å²) in [6.45, 7) is 5.38. The van der Waals surface area contributed by atoms with Gasteiger partial charge in [-0.3, -0.25) is 4.79 Å². The van der Waals surface area contributed by atoms with Gasteiger partial charge in [0, 0.05) is 12.5 Å². The Kier molecular flexibility index (Phi) is 3.31. The first kappa shape index (κ1) is 15.1. The average Bonchev–Trinajstić information content (AvgIpc) is 3.31. The van der Waals surface area contributed by atoms with Crippen LogP contribution in [0.3, 0.4) is 0 Å². The number of benzene rings is 1. The minimum atomic E-state index is -0.523. The fraction of sp³-hybridized carbons (Fsp3) is 0.579. The minimum Gasteiger partial charge on any atom is -0.465 e. The number of thiocarbonyl (C=S) groups is 1. The van der Waals surface area contributed by atoms with Gasteiger partial charge in [-0.2, -0.15) is 0 Å². The molecule has 1 spiro atoms. The molecule has 1 aromatic rings. The van der Waals surface area contributed by atoms with Crippen molar-refractivity contribution >= 4 is 23.2 Å². The second-order valence-corrected chi connectivity index (χ2v) is 7.71. The molecule has 122 valence electrons. The molecule has 1 aliphatic heterocycles. The van der Waals surface area contributed by atoms with Crippen LogP contribution in [0.15, 0.2) is 30.3 Å². The maximum absolute atomic E-state index is 12.7. The van der Waals surface area contributed by atoms with Crippen LogP contribution in [-0.4, -0.2) is 29.0 Å². The molecule has 3 aliphatic rings. The maximum Gasteiger partial charge on any atom is 0.319 e. The Labute approximate surface area is 143 Å². The third-order valence-electron chi connectivity index (χ3n) is 6.27. The van der Waals surface area contributed by atoms with Crippen LogP contribution < -0.4 is 0 Å². The van der Waals surface area contributed by atoms with E-state index >= 15 is 0 Å². The van der Waals surface area contributed by atoms with Crippen molar-refractivity contribution in [2.75, 3.05) is 13.2 Å². The van der Waals surface area contributed by atoms with E-state index in [1.165, 1.54) is 18.4 Å².